The van der Waals surface area contributed by atoms with E-state index in [1.165, 1.54) is 35.6 Å². The number of halogens is 1. The van der Waals surface area contributed by atoms with E-state index in [0.29, 0.717) is 26.2 Å². The molecule has 2 heterocycles. The minimum atomic E-state index is -0.457. The molecule has 1 saturated heterocycles. The fourth-order valence-corrected chi connectivity index (χ4v) is 4.23. The number of carbonyl (C=O) groups excluding carboxylic acids is 1. The number of amides is 1. The fraction of sp³-hybridized carbons (Fsp3) is 0.263. The predicted octanol–water partition coefficient (Wildman–Crippen LogP) is 3.23. The number of nitro benzene ring substituents is 1. The lowest BCUT2D eigenvalue weighted by atomic mass is 10.1. The van der Waals surface area contributed by atoms with Crippen molar-refractivity contribution in [3.05, 3.63) is 64.0 Å². The molecule has 144 valence electrons. The van der Waals surface area contributed by atoms with Gasteiger partial charge >= 0.3 is 0 Å². The van der Waals surface area contributed by atoms with Gasteiger partial charge in [-0.25, -0.2) is 9.37 Å². The monoisotopic (exact) mass is 400 g/mol. The summed E-state index contributed by atoms with van der Waals surface area (Å²) in [6, 6.07) is 10.6. The smallest absolute Gasteiger partial charge is 0.269 e. The number of anilines is 1. The second-order valence-corrected chi connectivity index (χ2v) is 7.59. The van der Waals surface area contributed by atoms with Gasteiger partial charge in [-0.3, -0.25) is 14.9 Å². The summed E-state index contributed by atoms with van der Waals surface area (Å²) in [6.07, 6.45) is 0.221. The molecule has 0 N–H and O–H groups in total. The van der Waals surface area contributed by atoms with E-state index < -0.39 is 4.92 Å². The van der Waals surface area contributed by atoms with Crippen LogP contribution in [0.15, 0.2) is 42.5 Å². The summed E-state index contributed by atoms with van der Waals surface area (Å²) in [5.41, 5.74) is 1.55. The van der Waals surface area contributed by atoms with Crippen LogP contribution in [0.4, 0.5) is 15.2 Å². The number of carbonyl (C=O) groups is 1. The van der Waals surface area contributed by atoms with Gasteiger partial charge in [0.05, 0.1) is 21.6 Å². The zero-order valence-electron chi connectivity index (χ0n) is 14.9. The number of nitrogens with zero attached hydrogens (tertiary/aromatic N) is 4. The summed E-state index contributed by atoms with van der Waals surface area (Å²) in [4.78, 5) is 31.2. The van der Waals surface area contributed by atoms with Crippen LogP contribution in [0.1, 0.15) is 5.56 Å². The summed E-state index contributed by atoms with van der Waals surface area (Å²) in [6.45, 7) is 2.48. The number of piperazine rings is 1. The van der Waals surface area contributed by atoms with E-state index in [2.05, 4.69) is 9.88 Å². The Morgan fingerprint density at radius 1 is 1.14 bits per heavy atom. The highest BCUT2D eigenvalue weighted by atomic mass is 32.1. The Morgan fingerprint density at radius 3 is 2.54 bits per heavy atom. The highest BCUT2D eigenvalue weighted by Gasteiger charge is 2.23. The van der Waals surface area contributed by atoms with Crippen LogP contribution in [-0.4, -0.2) is 46.9 Å². The zero-order chi connectivity index (χ0) is 19.7. The van der Waals surface area contributed by atoms with Gasteiger partial charge in [0, 0.05) is 38.3 Å². The van der Waals surface area contributed by atoms with E-state index in [1.54, 1.807) is 23.1 Å². The molecule has 9 heteroatoms. The van der Waals surface area contributed by atoms with E-state index in [-0.39, 0.29) is 23.8 Å². The van der Waals surface area contributed by atoms with Crippen LogP contribution in [0.3, 0.4) is 0 Å². The van der Waals surface area contributed by atoms with Crippen LogP contribution in [0.2, 0.25) is 0 Å². The van der Waals surface area contributed by atoms with Crippen molar-refractivity contribution in [1.82, 2.24) is 9.88 Å². The molecule has 0 atom stereocenters. The fourth-order valence-electron chi connectivity index (χ4n) is 3.19. The predicted molar refractivity (Wildman–Crippen MR) is 105 cm³/mol. The molecule has 3 aromatic rings. The maximum absolute atomic E-state index is 13.4. The Kier molecular flexibility index (Phi) is 4.91. The van der Waals surface area contributed by atoms with Gasteiger partial charge in [-0.1, -0.05) is 23.5 Å². The van der Waals surface area contributed by atoms with Crippen LogP contribution in [0.25, 0.3) is 10.2 Å². The number of aromatic nitrogens is 1. The minimum Gasteiger partial charge on any atom is -0.345 e. The van der Waals surface area contributed by atoms with E-state index in [9.17, 15) is 19.3 Å². The molecule has 1 aromatic heterocycles. The molecule has 0 unspecified atom stereocenters. The van der Waals surface area contributed by atoms with Crippen LogP contribution in [-0.2, 0) is 11.2 Å². The first-order valence-electron chi connectivity index (χ1n) is 8.82. The number of thiazole rings is 1. The minimum absolute atomic E-state index is 0.000117. The van der Waals surface area contributed by atoms with E-state index in [4.69, 9.17) is 0 Å². The van der Waals surface area contributed by atoms with Crippen molar-refractivity contribution in [2.75, 3.05) is 31.1 Å². The molecule has 0 bridgehead atoms. The Morgan fingerprint density at radius 2 is 1.86 bits per heavy atom. The Bertz CT molecular complexity index is 1030. The first-order chi connectivity index (χ1) is 13.5. The highest BCUT2D eigenvalue weighted by Crippen LogP contribution is 2.30. The van der Waals surface area contributed by atoms with Gasteiger partial charge in [0.1, 0.15) is 5.82 Å². The van der Waals surface area contributed by atoms with Crippen molar-refractivity contribution >= 4 is 38.3 Å². The van der Waals surface area contributed by atoms with Gasteiger partial charge in [0.25, 0.3) is 5.69 Å². The topological polar surface area (TPSA) is 79.6 Å². The van der Waals surface area contributed by atoms with E-state index >= 15 is 0 Å². The Balaban J connectivity index is 1.36. The quantitative estimate of drug-likeness (QED) is 0.496. The van der Waals surface area contributed by atoms with Gasteiger partial charge in [-0.2, -0.15) is 0 Å². The molecule has 1 amide bonds. The summed E-state index contributed by atoms with van der Waals surface area (Å²) in [7, 11) is 0. The van der Waals surface area contributed by atoms with Crippen molar-refractivity contribution in [1.29, 1.82) is 0 Å². The molecule has 1 aliphatic rings. The second kappa shape index (κ2) is 7.51. The van der Waals surface area contributed by atoms with Crippen molar-refractivity contribution in [3.63, 3.8) is 0 Å². The van der Waals surface area contributed by atoms with Crippen LogP contribution in [0.5, 0.6) is 0 Å². The summed E-state index contributed by atoms with van der Waals surface area (Å²) >= 11 is 1.45. The van der Waals surface area contributed by atoms with E-state index in [0.717, 1.165) is 20.9 Å². The van der Waals surface area contributed by atoms with Crippen molar-refractivity contribution in [2.24, 2.45) is 0 Å². The molecule has 2 aromatic carbocycles. The molecular formula is C19H17FN4O3S. The molecule has 4 rings (SSSR count). The molecule has 7 nitrogen and oxygen atoms in total. The van der Waals surface area contributed by atoms with Gasteiger partial charge in [0.15, 0.2) is 5.13 Å². The molecule has 1 aliphatic heterocycles. The average Bonchev–Trinajstić information content (AvgIpc) is 3.11. The number of hydrogen-bond acceptors (Lipinski definition) is 6. The molecule has 28 heavy (non-hydrogen) atoms. The lowest BCUT2D eigenvalue weighted by Gasteiger charge is -2.34. The number of non-ortho nitro benzene ring substituents is 1. The van der Waals surface area contributed by atoms with Gasteiger partial charge in [-0.05, 0) is 23.8 Å². The van der Waals surface area contributed by atoms with E-state index in [1.807, 2.05) is 0 Å². The molecule has 0 radical (unpaired) electrons. The van der Waals surface area contributed by atoms with Gasteiger partial charge in [-0.15, -0.1) is 0 Å². The van der Waals surface area contributed by atoms with Crippen molar-refractivity contribution in [2.45, 2.75) is 6.42 Å². The number of fused-ring (bicyclic) bond motifs is 1. The molecule has 0 aliphatic carbocycles. The average molecular weight is 400 g/mol. The molecule has 0 saturated carbocycles. The largest absolute Gasteiger partial charge is 0.345 e. The molecular weight excluding hydrogens is 383 g/mol. The maximum Gasteiger partial charge on any atom is 0.269 e. The molecule has 0 spiro atoms. The third-order valence-electron chi connectivity index (χ3n) is 4.74. The zero-order valence-corrected chi connectivity index (χ0v) is 15.7. The SMILES string of the molecule is O=C(Cc1ccc([N+](=O)[O-])cc1)N1CCN(c2nc3ccc(F)cc3s2)CC1. The lowest BCUT2D eigenvalue weighted by molar-refractivity contribution is -0.384. The number of rotatable bonds is 4. The van der Waals surface area contributed by atoms with Crippen LogP contribution in [0, 0.1) is 15.9 Å². The summed E-state index contributed by atoms with van der Waals surface area (Å²) in [5.74, 6) is -0.274. The number of benzene rings is 2. The Hall–Kier alpha value is -3.07. The van der Waals surface area contributed by atoms with Crippen LogP contribution < -0.4 is 4.90 Å². The number of nitro groups is 1. The molecule has 1 fully saturated rings. The van der Waals surface area contributed by atoms with Crippen molar-refractivity contribution < 1.29 is 14.1 Å². The Labute approximate surface area is 164 Å². The third-order valence-corrected chi connectivity index (χ3v) is 5.82. The summed E-state index contributed by atoms with van der Waals surface area (Å²) in [5, 5.41) is 11.5. The van der Waals surface area contributed by atoms with Gasteiger partial charge < -0.3 is 9.80 Å². The number of hydrogen-bond donors (Lipinski definition) is 0. The third kappa shape index (κ3) is 3.79. The standard InChI is InChI=1S/C19H17FN4O3S/c20-14-3-6-16-17(12-14)28-19(21-16)23-9-7-22(8-10-23)18(25)11-13-1-4-15(5-2-13)24(26)27/h1-6,12H,7-11H2. The normalized spacial score (nSPS) is 14.5. The second-order valence-electron chi connectivity index (χ2n) is 6.58. The maximum atomic E-state index is 13.4. The first-order valence-corrected chi connectivity index (χ1v) is 9.63. The first kappa shape index (κ1) is 18.3. The van der Waals surface area contributed by atoms with Gasteiger partial charge in [0.2, 0.25) is 5.91 Å². The van der Waals surface area contributed by atoms with Crippen LogP contribution >= 0.6 is 11.3 Å². The van der Waals surface area contributed by atoms with Crippen molar-refractivity contribution in [3.8, 4) is 0 Å². The lowest BCUT2D eigenvalue weighted by Crippen LogP contribution is -2.49. The highest BCUT2D eigenvalue weighted by molar-refractivity contribution is 7.22. The summed E-state index contributed by atoms with van der Waals surface area (Å²) < 4.78 is 14.2.